The minimum absolute atomic E-state index is 0.328. The SMILES string of the molecule is CCCNC1CCCC1S(=O)C(C)C(C)C. The van der Waals surface area contributed by atoms with Gasteiger partial charge >= 0.3 is 0 Å². The molecule has 2 nitrogen and oxygen atoms in total. The molecule has 96 valence electrons. The topological polar surface area (TPSA) is 29.1 Å². The van der Waals surface area contributed by atoms with E-state index in [-0.39, 0.29) is 0 Å². The lowest BCUT2D eigenvalue weighted by Gasteiger charge is -2.25. The number of hydrogen-bond acceptors (Lipinski definition) is 2. The molecule has 0 aliphatic heterocycles. The molecular formula is C13H27NOS. The molecular weight excluding hydrogens is 218 g/mol. The normalized spacial score (nSPS) is 29.6. The second kappa shape index (κ2) is 6.75. The van der Waals surface area contributed by atoms with Crippen molar-refractivity contribution < 1.29 is 4.21 Å². The first-order valence-corrected chi connectivity index (χ1v) is 7.98. The van der Waals surface area contributed by atoms with E-state index < -0.39 is 10.8 Å². The van der Waals surface area contributed by atoms with Crippen LogP contribution in [0, 0.1) is 5.92 Å². The molecule has 4 atom stereocenters. The predicted molar refractivity (Wildman–Crippen MR) is 72.2 cm³/mol. The van der Waals surface area contributed by atoms with Crippen molar-refractivity contribution in [3.63, 3.8) is 0 Å². The van der Waals surface area contributed by atoms with Crippen molar-refractivity contribution in [2.45, 2.75) is 69.9 Å². The van der Waals surface area contributed by atoms with Crippen LogP contribution in [0.1, 0.15) is 53.4 Å². The van der Waals surface area contributed by atoms with Gasteiger partial charge in [0, 0.05) is 22.1 Å². The molecule has 0 bridgehead atoms. The molecule has 0 saturated heterocycles. The Bertz CT molecular complexity index is 230. The summed E-state index contributed by atoms with van der Waals surface area (Å²) in [6.45, 7) is 9.73. The van der Waals surface area contributed by atoms with Crippen molar-refractivity contribution in [3.8, 4) is 0 Å². The van der Waals surface area contributed by atoms with Gasteiger partial charge in [-0.05, 0) is 31.7 Å². The van der Waals surface area contributed by atoms with Gasteiger partial charge in [0.25, 0.3) is 0 Å². The van der Waals surface area contributed by atoms with Crippen LogP contribution < -0.4 is 5.32 Å². The first-order chi connectivity index (χ1) is 7.57. The molecule has 4 unspecified atom stereocenters. The Morgan fingerprint density at radius 2 is 2.00 bits per heavy atom. The summed E-state index contributed by atoms with van der Waals surface area (Å²) in [5.74, 6) is 0.522. The van der Waals surface area contributed by atoms with Gasteiger partial charge in [-0.3, -0.25) is 4.21 Å². The maximum absolute atomic E-state index is 12.4. The van der Waals surface area contributed by atoms with Crippen molar-refractivity contribution >= 4 is 10.8 Å². The van der Waals surface area contributed by atoms with E-state index in [0.717, 1.165) is 19.4 Å². The van der Waals surface area contributed by atoms with E-state index in [1.165, 1.54) is 12.8 Å². The lowest BCUT2D eigenvalue weighted by Crippen LogP contribution is -2.41. The molecule has 16 heavy (non-hydrogen) atoms. The van der Waals surface area contributed by atoms with Gasteiger partial charge in [0.1, 0.15) is 0 Å². The number of hydrogen-bond donors (Lipinski definition) is 1. The van der Waals surface area contributed by atoms with Crippen LogP contribution in [-0.2, 0) is 10.8 Å². The summed E-state index contributed by atoms with van der Waals surface area (Å²) in [6, 6.07) is 0.502. The first kappa shape index (κ1) is 14.2. The van der Waals surface area contributed by atoms with Gasteiger partial charge in [-0.25, -0.2) is 0 Å². The molecule has 0 aromatic rings. The van der Waals surface area contributed by atoms with Gasteiger partial charge in [-0.1, -0.05) is 34.1 Å². The van der Waals surface area contributed by atoms with Gasteiger partial charge in [0.2, 0.25) is 0 Å². The quantitative estimate of drug-likeness (QED) is 0.779. The fraction of sp³-hybridized carbons (Fsp3) is 1.00. The third-order valence-corrected chi connectivity index (χ3v) is 6.15. The molecule has 1 N–H and O–H groups in total. The molecule has 1 fully saturated rings. The molecule has 0 heterocycles. The summed E-state index contributed by atoms with van der Waals surface area (Å²) in [4.78, 5) is 0. The molecule has 0 radical (unpaired) electrons. The molecule has 0 amide bonds. The third-order valence-electron chi connectivity index (χ3n) is 3.71. The highest BCUT2D eigenvalue weighted by Gasteiger charge is 2.34. The summed E-state index contributed by atoms with van der Waals surface area (Å²) < 4.78 is 12.4. The Kier molecular flexibility index (Phi) is 5.98. The van der Waals surface area contributed by atoms with Crippen molar-refractivity contribution in [1.82, 2.24) is 5.32 Å². The van der Waals surface area contributed by atoms with E-state index in [1.54, 1.807) is 0 Å². The monoisotopic (exact) mass is 245 g/mol. The van der Waals surface area contributed by atoms with Crippen LogP contribution in [0.4, 0.5) is 0 Å². The molecule has 0 spiro atoms. The second-order valence-corrected chi connectivity index (χ2v) is 7.31. The Labute approximate surface area is 103 Å². The van der Waals surface area contributed by atoms with Crippen molar-refractivity contribution in [2.75, 3.05) is 6.54 Å². The maximum Gasteiger partial charge on any atom is 0.0504 e. The largest absolute Gasteiger partial charge is 0.313 e. The first-order valence-electron chi connectivity index (χ1n) is 6.70. The fourth-order valence-electron chi connectivity index (χ4n) is 2.31. The molecule has 1 saturated carbocycles. The average Bonchev–Trinajstić information content (AvgIpc) is 2.72. The third kappa shape index (κ3) is 3.56. The fourth-order valence-corrected chi connectivity index (χ4v) is 4.35. The van der Waals surface area contributed by atoms with E-state index in [0.29, 0.717) is 22.5 Å². The maximum atomic E-state index is 12.4. The zero-order valence-electron chi connectivity index (χ0n) is 11.2. The minimum atomic E-state index is -0.666. The molecule has 3 heteroatoms. The Hall–Kier alpha value is 0.110. The van der Waals surface area contributed by atoms with Crippen molar-refractivity contribution in [1.29, 1.82) is 0 Å². The number of rotatable bonds is 6. The minimum Gasteiger partial charge on any atom is -0.313 e. The lowest BCUT2D eigenvalue weighted by atomic mass is 10.2. The van der Waals surface area contributed by atoms with Gasteiger partial charge in [0.05, 0.1) is 5.25 Å². The van der Waals surface area contributed by atoms with E-state index in [4.69, 9.17) is 0 Å². The molecule has 1 rings (SSSR count). The highest BCUT2D eigenvalue weighted by molar-refractivity contribution is 7.86. The van der Waals surface area contributed by atoms with Crippen molar-refractivity contribution in [2.24, 2.45) is 5.92 Å². The van der Waals surface area contributed by atoms with Crippen LogP contribution in [0.15, 0.2) is 0 Å². The van der Waals surface area contributed by atoms with Gasteiger partial charge in [-0.2, -0.15) is 0 Å². The lowest BCUT2D eigenvalue weighted by molar-refractivity contribution is 0.515. The van der Waals surface area contributed by atoms with Gasteiger partial charge < -0.3 is 5.32 Å². The van der Waals surface area contributed by atoms with E-state index in [2.05, 4.69) is 33.0 Å². The average molecular weight is 245 g/mol. The molecule has 0 aromatic heterocycles. The summed E-state index contributed by atoms with van der Waals surface area (Å²) in [7, 11) is -0.666. The Balaban J connectivity index is 2.53. The van der Waals surface area contributed by atoms with Gasteiger partial charge in [-0.15, -0.1) is 0 Å². The molecule has 1 aliphatic rings. The smallest absolute Gasteiger partial charge is 0.0504 e. The summed E-state index contributed by atoms with van der Waals surface area (Å²) in [5, 5.41) is 4.28. The van der Waals surface area contributed by atoms with Crippen LogP contribution in [0.5, 0.6) is 0 Å². The summed E-state index contributed by atoms with van der Waals surface area (Å²) in [5.41, 5.74) is 0. The highest BCUT2D eigenvalue weighted by Crippen LogP contribution is 2.27. The zero-order chi connectivity index (χ0) is 12.1. The zero-order valence-corrected chi connectivity index (χ0v) is 12.0. The van der Waals surface area contributed by atoms with E-state index in [9.17, 15) is 4.21 Å². The van der Waals surface area contributed by atoms with Gasteiger partial charge in [0.15, 0.2) is 0 Å². The van der Waals surface area contributed by atoms with E-state index in [1.807, 2.05) is 0 Å². The standard InChI is InChI=1S/C13H27NOS/c1-5-9-14-12-7-6-8-13(12)16(15)11(4)10(2)3/h10-14H,5-9H2,1-4H3. The van der Waals surface area contributed by atoms with Crippen LogP contribution in [0.2, 0.25) is 0 Å². The number of nitrogens with one attached hydrogen (secondary N) is 1. The van der Waals surface area contributed by atoms with Crippen LogP contribution >= 0.6 is 0 Å². The van der Waals surface area contributed by atoms with E-state index >= 15 is 0 Å². The van der Waals surface area contributed by atoms with Crippen molar-refractivity contribution in [3.05, 3.63) is 0 Å². The summed E-state index contributed by atoms with van der Waals surface area (Å²) >= 11 is 0. The molecule has 1 aliphatic carbocycles. The summed E-state index contributed by atoms with van der Waals surface area (Å²) in [6.07, 6.45) is 4.75. The van der Waals surface area contributed by atoms with Crippen LogP contribution in [0.3, 0.4) is 0 Å². The Morgan fingerprint density at radius 3 is 2.56 bits per heavy atom. The molecule has 0 aromatic carbocycles. The Morgan fingerprint density at radius 1 is 1.31 bits per heavy atom. The second-order valence-electron chi connectivity index (χ2n) is 5.31. The van der Waals surface area contributed by atoms with Crippen LogP contribution in [0.25, 0.3) is 0 Å². The highest BCUT2D eigenvalue weighted by atomic mass is 32.2. The van der Waals surface area contributed by atoms with Crippen LogP contribution in [-0.4, -0.2) is 27.3 Å². The predicted octanol–water partition coefficient (Wildman–Crippen LogP) is 2.70.